The summed E-state index contributed by atoms with van der Waals surface area (Å²) in [7, 11) is 1.57. The van der Waals surface area contributed by atoms with Crippen LogP contribution >= 0.6 is 0 Å². The van der Waals surface area contributed by atoms with Gasteiger partial charge in [0.2, 0.25) is 0 Å². The van der Waals surface area contributed by atoms with Crippen molar-refractivity contribution in [1.29, 1.82) is 0 Å². The molecule has 2 aromatic rings. The Morgan fingerprint density at radius 1 is 1.12 bits per heavy atom. The van der Waals surface area contributed by atoms with Crippen LogP contribution in [0.4, 0.5) is 5.69 Å². The fraction of sp³-hybridized carbons (Fsp3) is 0.0588. The lowest BCUT2D eigenvalue weighted by atomic mass is 10.0. The number of nitro groups is 1. The minimum Gasteiger partial charge on any atom is -0.497 e. The molecule has 0 unspecified atom stereocenters. The molecule has 7 heteroatoms. The Balaban J connectivity index is 1.93. The molecule has 0 fully saturated rings. The summed E-state index contributed by atoms with van der Waals surface area (Å²) < 4.78 is 5.09. The van der Waals surface area contributed by atoms with E-state index in [9.17, 15) is 14.9 Å². The highest BCUT2D eigenvalue weighted by atomic mass is 16.7. The summed E-state index contributed by atoms with van der Waals surface area (Å²) in [6.07, 6.45) is 1.65. The average molecular weight is 324 g/mol. The van der Waals surface area contributed by atoms with Gasteiger partial charge in [-0.1, -0.05) is 17.3 Å². The molecule has 0 saturated carbocycles. The van der Waals surface area contributed by atoms with Crippen molar-refractivity contribution < 1.29 is 19.3 Å². The Kier molecular flexibility index (Phi) is 4.07. The number of hydrogen-bond acceptors (Lipinski definition) is 6. The molecule has 0 aliphatic carbocycles. The fourth-order valence-corrected chi connectivity index (χ4v) is 2.23. The maximum absolute atomic E-state index is 11.9. The van der Waals surface area contributed by atoms with E-state index in [0.717, 1.165) is 5.56 Å². The number of carbonyl (C=O) groups excluding carboxylic acids is 1. The van der Waals surface area contributed by atoms with Crippen LogP contribution in [0.1, 0.15) is 11.1 Å². The zero-order chi connectivity index (χ0) is 17.1. The van der Waals surface area contributed by atoms with Gasteiger partial charge in [0, 0.05) is 17.7 Å². The van der Waals surface area contributed by atoms with Crippen LogP contribution in [-0.4, -0.2) is 23.7 Å². The van der Waals surface area contributed by atoms with Gasteiger partial charge in [-0.25, -0.2) is 4.79 Å². The second-order valence-electron chi connectivity index (χ2n) is 4.95. The van der Waals surface area contributed by atoms with Crippen molar-refractivity contribution in [3.05, 3.63) is 75.3 Å². The summed E-state index contributed by atoms with van der Waals surface area (Å²) in [5, 5.41) is 14.5. The Morgan fingerprint density at radius 2 is 1.79 bits per heavy atom. The molecule has 1 aliphatic heterocycles. The third kappa shape index (κ3) is 3.00. The number of benzene rings is 2. The molecule has 0 N–H and O–H groups in total. The number of non-ortho nitro benzene ring substituents is 1. The molecule has 0 aromatic heterocycles. The van der Waals surface area contributed by atoms with Gasteiger partial charge in [0.15, 0.2) is 0 Å². The van der Waals surface area contributed by atoms with Gasteiger partial charge in [0.1, 0.15) is 11.5 Å². The summed E-state index contributed by atoms with van der Waals surface area (Å²) in [4.78, 5) is 26.9. The molecule has 1 heterocycles. The molecular formula is C17H12N2O5. The molecule has 0 spiro atoms. The highest BCUT2D eigenvalue weighted by Crippen LogP contribution is 2.23. The van der Waals surface area contributed by atoms with E-state index in [-0.39, 0.29) is 11.3 Å². The molecule has 0 bridgehead atoms. The van der Waals surface area contributed by atoms with E-state index in [4.69, 9.17) is 9.57 Å². The van der Waals surface area contributed by atoms with Crippen molar-refractivity contribution in [2.24, 2.45) is 5.16 Å². The first kappa shape index (κ1) is 15.4. The molecule has 120 valence electrons. The number of hydrogen-bond donors (Lipinski definition) is 0. The Labute approximate surface area is 137 Å². The quantitative estimate of drug-likeness (QED) is 0.373. The van der Waals surface area contributed by atoms with E-state index >= 15 is 0 Å². The Morgan fingerprint density at radius 3 is 2.38 bits per heavy atom. The van der Waals surface area contributed by atoms with Crippen LogP contribution in [0.5, 0.6) is 5.75 Å². The van der Waals surface area contributed by atoms with Crippen LogP contribution < -0.4 is 4.74 Å². The number of oxime groups is 1. The average Bonchev–Trinajstić information content (AvgIpc) is 2.96. The van der Waals surface area contributed by atoms with E-state index in [1.54, 1.807) is 37.5 Å². The van der Waals surface area contributed by atoms with Gasteiger partial charge in [0.25, 0.3) is 5.69 Å². The zero-order valence-corrected chi connectivity index (χ0v) is 12.6. The normalized spacial score (nSPS) is 15.1. The molecule has 0 radical (unpaired) electrons. The minimum absolute atomic E-state index is 0.0368. The lowest BCUT2D eigenvalue weighted by Crippen LogP contribution is -2.07. The number of methoxy groups -OCH3 is 1. The van der Waals surface area contributed by atoms with Gasteiger partial charge in [-0.15, -0.1) is 0 Å². The largest absolute Gasteiger partial charge is 0.497 e. The van der Waals surface area contributed by atoms with Crippen molar-refractivity contribution in [3.8, 4) is 5.75 Å². The van der Waals surface area contributed by atoms with Crippen LogP contribution in [0, 0.1) is 10.1 Å². The summed E-state index contributed by atoms with van der Waals surface area (Å²) in [5.74, 6) is 0.134. The predicted molar refractivity (Wildman–Crippen MR) is 86.7 cm³/mol. The summed E-state index contributed by atoms with van der Waals surface area (Å²) >= 11 is 0. The van der Waals surface area contributed by atoms with Crippen LogP contribution in [0.3, 0.4) is 0 Å². The van der Waals surface area contributed by atoms with Crippen molar-refractivity contribution in [2.75, 3.05) is 7.11 Å². The first-order chi connectivity index (χ1) is 11.6. The van der Waals surface area contributed by atoms with Crippen molar-refractivity contribution in [2.45, 2.75) is 0 Å². The van der Waals surface area contributed by atoms with E-state index in [2.05, 4.69) is 5.16 Å². The number of rotatable bonds is 4. The maximum atomic E-state index is 11.9. The third-order valence-electron chi connectivity index (χ3n) is 3.47. The van der Waals surface area contributed by atoms with E-state index < -0.39 is 10.9 Å². The molecule has 1 aliphatic rings. The van der Waals surface area contributed by atoms with Crippen molar-refractivity contribution in [3.63, 3.8) is 0 Å². The highest BCUT2D eigenvalue weighted by Gasteiger charge is 2.27. The van der Waals surface area contributed by atoms with Gasteiger partial charge in [-0.05, 0) is 35.9 Å². The smallest absolute Gasteiger partial charge is 0.368 e. The summed E-state index contributed by atoms with van der Waals surface area (Å²) in [6.45, 7) is 0. The molecule has 0 saturated heterocycles. The predicted octanol–water partition coefficient (Wildman–Crippen LogP) is 2.95. The SMILES string of the molecule is COc1ccc(/C=C2/C(=O)ON=C2c2ccc([N+](=O)[O-])cc2)cc1. The molecule has 0 atom stereocenters. The maximum Gasteiger partial charge on any atom is 0.368 e. The first-order valence-corrected chi connectivity index (χ1v) is 6.99. The first-order valence-electron chi connectivity index (χ1n) is 6.99. The van der Waals surface area contributed by atoms with Gasteiger partial charge in [-0.2, -0.15) is 0 Å². The second-order valence-corrected chi connectivity index (χ2v) is 4.95. The van der Waals surface area contributed by atoms with E-state index in [1.807, 2.05) is 0 Å². The van der Waals surface area contributed by atoms with Gasteiger partial charge in [0.05, 0.1) is 17.6 Å². The molecule has 2 aromatic carbocycles. The van der Waals surface area contributed by atoms with Crippen LogP contribution in [0.15, 0.2) is 59.3 Å². The number of nitrogens with zero attached hydrogens (tertiary/aromatic N) is 2. The summed E-state index contributed by atoms with van der Waals surface area (Å²) in [6, 6.07) is 12.9. The second kappa shape index (κ2) is 6.33. The van der Waals surface area contributed by atoms with E-state index in [1.165, 1.54) is 24.3 Å². The molecular weight excluding hydrogens is 312 g/mol. The third-order valence-corrected chi connectivity index (χ3v) is 3.47. The molecule has 0 amide bonds. The lowest BCUT2D eigenvalue weighted by Gasteiger charge is -2.02. The Bertz CT molecular complexity index is 852. The molecule has 7 nitrogen and oxygen atoms in total. The van der Waals surface area contributed by atoms with Gasteiger partial charge < -0.3 is 9.57 Å². The van der Waals surface area contributed by atoms with Crippen LogP contribution in [0.25, 0.3) is 6.08 Å². The van der Waals surface area contributed by atoms with Crippen LogP contribution in [0.2, 0.25) is 0 Å². The zero-order valence-electron chi connectivity index (χ0n) is 12.6. The minimum atomic E-state index is -0.570. The lowest BCUT2D eigenvalue weighted by molar-refractivity contribution is -0.384. The van der Waals surface area contributed by atoms with Crippen molar-refractivity contribution in [1.82, 2.24) is 0 Å². The standard InChI is InChI=1S/C17H12N2O5/c1-23-14-8-2-11(3-9-14)10-15-16(18-24-17(15)20)12-4-6-13(7-5-12)19(21)22/h2-10H,1H3/b15-10+. The highest BCUT2D eigenvalue weighted by molar-refractivity contribution is 6.31. The van der Waals surface area contributed by atoms with E-state index in [0.29, 0.717) is 17.0 Å². The summed E-state index contributed by atoms with van der Waals surface area (Å²) in [5.41, 5.74) is 1.93. The van der Waals surface area contributed by atoms with Gasteiger partial charge >= 0.3 is 5.97 Å². The topological polar surface area (TPSA) is 91.0 Å². The molecule has 24 heavy (non-hydrogen) atoms. The Hall–Kier alpha value is -3.48. The number of nitro benzene ring substituents is 1. The monoisotopic (exact) mass is 324 g/mol. The number of ether oxygens (including phenoxy) is 1. The number of carbonyl (C=O) groups is 1. The van der Waals surface area contributed by atoms with Gasteiger partial charge in [-0.3, -0.25) is 10.1 Å². The fourth-order valence-electron chi connectivity index (χ4n) is 2.23. The van der Waals surface area contributed by atoms with Crippen LogP contribution in [-0.2, 0) is 9.63 Å². The molecule has 3 rings (SSSR count). The van der Waals surface area contributed by atoms with Crippen molar-refractivity contribution >= 4 is 23.4 Å².